The summed E-state index contributed by atoms with van der Waals surface area (Å²) in [5.41, 5.74) is 0.559. The van der Waals surface area contributed by atoms with Crippen LogP contribution in [0.5, 0.6) is 5.75 Å². The normalized spacial score (nSPS) is 20.2. The number of rotatable bonds is 10. The highest BCUT2D eigenvalue weighted by Gasteiger charge is 2.45. The predicted molar refractivity (Wildman–Crippen MR) is 146 cm³/mol. The number of nitro groups is 1. The van der Waals surface area contributed by atoms with E-state index in [-0.39, 0.29) is 59.7 Å². The van der Waals surface area contributed by atoms with Crippen molar-refractivity contribution in [3.8, 4) is 5.75 Å². The molecular weight excluding hydrogens is 534 g/mol. The maximum atomic E-state index is 13.5. The second-order valence-electron chi connectivity index (χ2n) is 9.70. The van der Waals surface area contributed by atoms with E-state index in [1.165, 1.54) is 30.3 Å². The van der Waals surface area contributed by atoms with Crippen molar-refractivity contribution in [2.75, 3.05) is 26.4 Å². The second kappa shape index (κ2) is 13.2. The molecule has 2 aliphatic heterocycles. The van der Waals surface area contributed by atoms with Crippen LogP contribution in [0.15, 0.2) is 64.8 Å². The van der Waals surface area contributed by atoms with E-state index in [1.807, 2.05) is 0 Å². The lowest BCUT2D eigenvalue weighted by Crippen LogP contribution is -2.38. The van der Waals surface area contributed by atoms with Crippen molar-refractivity contribution in [2.24, 2.45) is 10.9 Å². The van der Waals surface area contributed by atoms with Gasteiger partial charge in [-0.15, -0.1) is 0 Å². The van der Waals surface area contributed by atoms with Gasteiger partial charge in [0, 0.05) is 35.6 Å². The Kier molecular flexibility index (Phi) is 9.45. The number of hydrogen-bond donors (Lipinski definition) is 2. The van der Waals surface area contributed by atoms with Gasteiger partial charge in [0.05, 0.1) is 28.7 Å². The summed E-state index contributed by atoms with van der Waals surface area (Å²) < 4.78 is 16.5. The summed E-state index contributed by atoms with van der Waals surface area (Å²) in [5, 5.41) is 24.4. The summed E-state index contributed by atoms with van der Waals surface area (Å²) >= 11 is 0. The zero-order valence-corrected chi connectivity index (χ0v) is 22.7. The van der Waals surface area contributed by atoms with E-state index in [2.05, 4.69) is 10.3 Å². The van der Waals surface area contributed by atoms with E-state index in [9.17, 15) is 29.6 Å². The van der Waals surface area contributed by atoms with Gasteiger partial charge in [0.15, 0.2) is 0 Å². The van der Waals surface area contributed by atoms with Gasteiger partial charge in [-0.05, 0) is 38.8 Å². The van der Waals surface area contributed by atoms with Crippen LogP contribution in [0.1, 0.15) is 48.5 Å². The van der Waals surface area contributed by atoms with Crippen molar-refractivity contribution < 1.29 is 38.6 Å². The van der Waals surface area contributed by atoms with Crippen molar-refractivity contribution in [1.82, 2.24) is 5.32 Å². The number of nitrogens with one attached hydrogen (secondary N) is 1. The molecule has 2 aromatic rings. The number of nitrogens with zero attached hydrogens (tertiary/aromatic N) is 2. The molecule has 1 fully saturated rings. The average molecular weight is 566 g/mol. The Morgan fingerprint density at radius 2 is 1.85 bits per heavy atom. The number of esters is 2. The van der Waals surface area contributed by atoms with Gasteiger partial charge in [0.25, 0.3) is 11.6 Å². The molecule has 0 bridgehead atoms. The van der Waals surface area contributed by atoms with Gasteiger partial charge in [0.2, 0.25) is 0 Å². The van der Waals surface area contributed by atoms with Gasteiger partial charge in [0.1, 0.15) is 24.9 Å². The second-order valence-corrected chi connectivity index (χ2v) is 9.70. The predicted octanol–water partition coefficient (Wildman–Crippen LogP) is 3.44. The van der Waals surface area contributed by atoms with Crippen molar-refractivity contribution in [2.45, 2.75) is 38.7 Å². The quantitative estimate of drug-likeness (QED) is 0.190. The van der Waals surface area contributed by atoms with E-state index in [0.717, 1.165) is 12.8 Å². The largest absolute Gasteiger partial charge is 0.507 e. The van der Waals surface area contributed by atoms with Gasteiger partial charge < -0.3 is 24.6 Å². The SMILES string of the molecule is CC1=NC(C)=C(C(=O)OCC2CCCO2)C(c2ccccc2[N+](=O)[O-])C1C(=O)OCCNC(=O)c1ccccc1O. The number of carbonyl (C=O) groups is 3. The lowest BCUT2D eigenvalue weighted by molar-refractivity contribution is -0.385. The molecule has 1 amide bonds. The molecule has 0 radical (unpaired) electrons. The highest BCUT2D eigenvalue weighted by Crippen LogP contribution is 2.43. The van der Waals surface area contributed by atoms with E-state index >= 15 is 0 Å². The molecule has 41 heavy (non-hydrogen) atoms. The molecule has 0 aliphatic carbocycles. The number of ether oxygens (including phenoxy) is 3. The lowest BCUT2D eigenvalue weighted by atomic mass is 9.75. The number of amides is 1. The molecule has 216 valence electrons. The first kappa shape index (κ1) is 29.4. The van der Waals surface area contributed by atoms with Crippen LogP contribution in [0, 0.1) is 16.0 Å². The number of carbonyl (C=O) groups excluding carboxylic acids is 3. The van der Waals surface area contributed by atoms with Gasteiger partial charge in [-0.25, -0.2) is 4.79 Å². The summed E-state index contributed by atoms with van der Waals surface area (Å²) in [7, 11) is 0. The Labute approximate surface area is 236 Å². The number of nitro benzene ring substituents is 1. The number of aliphatic imine (C=N–C) groups is 1. The Morgan fingerprint density at radius 3 is 2.56 bits per heavy atom. The summed E-state index contributed by atoms with van der Waals surface area (Å²) in [6.07, 6.45) is 1.35. The maximum absolute atomic E-state index is 13.5. The molecule has 0 saturated carbocycles. The number of phenolic OH excluding ortho intramolecular Hbond substituents is 1. The van der Waals surface area contributed by atoms with Crippen LogP contribution in [-0.2, 0) is 23.8 Å². The molecular formula is C29H31N3O9. The Hall–Kier alpha value is -4.58. The minimum atomic E-state index is -1.17. The van der Waals surface area contributed by atoms with Crippen molar-refractivity contribution in [3.05, 3.63) is 81.0 Å². The number of hydrogen-bond acceptors (Lipinski definition) is 10. The third kappa shape index (κ3) is 6.77. The van der Waals surface area contributed by atoms with Crippen LogP contribution < -0.4 is 5.32 Å². The third-order valence-electron chi connectivity index (χ3n) is 6.98. The number of phenols is 1. The number of para-hydroxylation sites is 2. The van der Waals surface area contributed by atoms with Gasteiger partial charge in [-0.2, -0.15) is 0 Å². The molecule has 2 heterocycles. The molecule has 1 saturated heterocycles. The van der Waals surface area contributed by atoms with Crippen LogP contribution in [0.25, 0.3) is 0 Å². The fourth-order valence-corrected chi connectivity index (χ4v) is 5.05. The fourth-order valence-electron chi connectivity index (χ4n) is 5.05. The van der Waals surface area contributed by atoms with E-state index in [0.29, 0.717) is 12.3 Å². The third-order valence-corrected chi connectivity index (χ3v) is 6.98. The number of benzene rings is 2. The zero-order chi connectivity index (χ0) is 29.5. The Morgan fingerprint density at radius 1 is 1.12 bits per heavy atom. The molecule has 2 aliphatic rings. The molecule has 0 spiro atoms. The van der Waals surface area contributed by atoms with Crippen molar-refractivity contribution in [1.29, 1.82) is 0 Å². The van der Waals surface area contributed by atoms with Gasteiger partial charge >= 0.3 is 11.9 Å². The first-order valence-electron chi connectivity index (χ1n) is 13.2. The molecule has 12 nitrogen and oxygen atoms in total. The molecule has 3 unspecified atom stereocenters. The topological polar surface area (TPSA) is 167 Å². The average Bonchev–Trinajstić information content (AvgIpc) is 3.47. The van der Waals surface area contributed by atoms with Gasteiger partial charge in [-0.1, -0.05) is 30.3 Å². The molecule has 12 heteroatoms. The van der Waals surface area contributed by atoms with Crippen LogP contribution in [0.2, 0.25) is 0 Å². The molecule has 2 N–H and O–H groups in total. The fraction of sp³-hybridized carbons (Fsp3) is 0.379. The molecule has 4 rings (SSSR count). The molecule has 2 aromatic carbocycles. The summed E-state index contributed by atoms with van der Waals surface area (Å²) in [6.45, 7) is 3.46. The van der Waals surface area contributed by atoms with Crippen LogP contribution >= 0.6 is 0 Å². The van der Waals surface area contributed by atoms with E-state index in [1.54, 1.807) is 32.0 Å². The first-order valence-corrected chi connectivity index (χ1v) is 13.2. The monoisotopic (exact) mass is 565 g/mol. The minimum absolute atomic E-state index is 0.00763. The molecule has 0 aromatic heterocycles. The van der Waals surface area contributed by atoms with Crippen molar-refractivity contribution >= 4 is 29.2 Å². The minimum Gasteiger partial charge on any atom is -0.507 e. The smallest absolute Gasteiger partial charge is 0.336 e. The van der Waals surface area contributed by atoms with Crippen LogP contribution in [-0.4, -0.2) is 66.1 Å². The highest BCUT2D eigenvalue weighted by atomic mass is 16.6. The number of allylic oxidation sites excluding steroid dienone is 1. The highest BCUT2D eigenvalue weighted by molar-refractivity contribution is 6.07. The van der Waals surface area contributed by atoms with E-state index in [4.69, 9.17) is 14.2 Å². The standard InChI is InChI=1S/C29H31N3O9/c1-17-24(28(35)40-15-13-30-27(34)21-10-4-6-12-23(21)33)26(20-9-3-5-11-22(20)32(37)38)25(18(2)31-17)29(36)41-16-19-8-7-14-39-19/h3-6,9-12,19,24,26,33H,7-8,13-16H2,1-2H3,(H,30,34). The number of aromatic hydroxyl groups is 1. The summed E-state index contributed by atoms with van der Waals surface area (Å²) in [6, 6.07) is 11.9. The Balaban J connectivity index is 1.56. The van der Waals surface area contributed by atoms with Gasteiger partial charge in [-0.3, -0.25) is 24.7 Å². The zero-order valence-electron chi connectivity index (χ0n) is 22.7. The lowest BCUT2D eigenvalue weighted by Gasteiger charge is -2.31. The summed E-state index contributed by atoms with van der Waals surface area (Å²) in [4.78, 5) is 55.0. The Bertz CT molecular complexity index is 1400. The molecule has 3 atom stereocenters. The first-order chi connectivity index (χ1) is 19.7. The van der Waals surface area contributed by atoms with Crippen molar-refractivity contribution in [3.63, 3.8) is 0 Å². The van der Waals surface area contributed by atoms with Crippen LogP contribution in [0.4, 0.5) is 5.69 Å². The van der Waals surface area contributed by atoms with Crippen LogP contribution in [0.3, 0.4) is 0 Å². The summed E-state index contributed by atoms with van der Waals surface area (Å²) in [5.74, 6) is -4.53. The van der Waals surface area contributed by atoms with E-state index < -0.39 is 34.6 Å². The maximum Gasteiger partial charge on any atom is 0.336 e.